The maximum absolute atomic E-state index is 12.3. The molecule has 0 radical (unpaired) electrons. The van der Waals surface area contributed by atoms with Crippen LogP contribution < -0.4 is 19.6 Å². The summed E-state index contributed by atoms with van der Waals surface area (Å²) in [5, 5.41) is 3.94. The molecule has 0 unspecified atom stereocenters. The molecule has 0 atom stereocenters. The molecule has 7 heteroatoms. The van der Waals surface area contributed by atoms with Gasteiger partial charge in [0.1, 0.15) is 17.2 Å². The van der Waals surface area contributed by atoms with Crippen molar-refractivity contribution in [1.82, 2.24) is 5.43 Å². The Balaban J connectivity index is 1.45. The van der Waals surface area contributed by atoms with Crippen molar-refractivity contribution in [2.75, 3.05) is 13.2 Å². The molecule has 0 aromatic heterocycles. The fraction of sp³-hybridized carbons (Fsp3) is 0.179. The van der Waals surface area contributed by atoms with Gasteiger partial charge in [0.05, 0.1) is 18.4 Å². The lowest BCUT2D eigenvalue weighted by Gasteiger charge is -2.09. The molecule has 0 saturated carbocycles. The molecule has 0 saturated heterocycles. The van der Waals surface area contributed by atoms with Gasteiger partial charge in [-0.05, 0) is 78.6 Å². The number of carbonyl (C=O) groups is 2. The second-order valence-electron chi connectivity index (χ2n) is 7.51. The summed E-state index contributed by atoms with van der Waals surface area (Å²) in [5.74, 6) is 0.899. The highest BCUT2D eigenvalue weighted by atomic mass is 16.5. The maximum Gasteiger partial charge on any atom is 0.343 e. The Morgan fingerprint density at radius 3 is 2.37 bits per heavy atom. The van der Waals surface area contributed by atoms with Gasteiger partial charge in [0, 0.05) is 0 Å². The number of hydrogen-bond acceptors (Lipinski definition) is 6. The van der Waals surface area contributed by atoms with Gasteiger partial charge in [-0.1, -0.05) is 31.2 Å². The van der Waals surface area contributed by atoms with Crippen molar-refractivity contribution >= 4 is 18.1 Å². The monoisotopic (exact) mass is 472 g/mol. The van der Waals surface area contributed by atoms with E-state index >= 15 is 0 Å². The van der Waals surface area contributed by atoms with Crippen LogP contribution in [0.5, 0.6) is 17.2 Å². The topological polar surface area (TPSA) is 86.2 Å². The van der Waals surface area contributed by atoms with Gasteiger partial charge in [-0.2, -0.15) is 5.10 Å². The highest BCUT2D eigenvalue weighted by molar-refractivity contribution is 5.91. The van der Waals surface area contributed by atoms with E-state index in [0.29, 0.717) is 35.8 Å². The number of hydrazone groups is 1. The second-order valence-corrected chi connectivity index (χ2v) is 7.51. The summed E-state index contributed by atoms with van der Waals surface area (Å²) in [7, 11) is 0. The second kappa shape index (κ2) is 13.3. The lowest BCUT2D eigenvalue weighted by molar-refractivity contribution is -0.123. The van der Waals surface area contributed by atoms with Crippen molar-refractivity contribution < 1.29 is 23.8 Å². The van der Waals surface area contributed by atoms with Crippen molar-refractivity contribution in [2.45, 2.75) is 19.8 Å². The number of rotatable bonds is 12. The summed E-state index contributed by atoms with van der Waals surface area (Å²) in [6.45, 7) is 6.22. The Labute approximate surface area is 205 Å². The van der Waals surface area contributed by atoms with Gasteiger partial charge in [0.25, 0.3) is 5.91 Å². The molecule has 0 heterocycles. The molecule has 0 aliphatic carbocycles. The Bertz CT molecular complexity index is 1150. The van der Waals surface area contributed by atoms with Gasteiger partial charge in [-0.25, -0.2) is 10.2 Å². The summed E-state index contributed by atoms with van der Waals surface area (Å²) in [5.41, 5.74) is 4.53. The summed E-state index contributed by atoms with van der Waals surface area (Å²) in [6, 6.07) is 21.0. The summed E-state index contributed by atoms with van der Waals surface area (Å²) >= 11 is 0. The first-order valence-electron chi connectivity index (χ1n) is 11.3. The number of allylic oxidation sites excluding steroid dienone is 1. The molecule has 35 heavy (non-hydrogen) atoms. The number of nitrogens with one attached hydrogen (secondary N) is 1. The van der Waals surface area contributed by atoms with Gasteiger partial charge >= 0.3 is 5.97 Å². The van der Waals surface area contributed by atoms with E-state index in [9.17, 15) is 9.59 Å². The summed E-state index contributed by atoms with van der Waals surface area (Å²) < 4.78 is 16.5. The van der Waals surface area contributed by atoms with Crippen LogP contribution in [0.15, 0.2) is 90.6 Å². The fourth-order valence-corrected chi connectivity index (χ4v) is 3.02. The molecule has 0 aliphatic heterocycles. The van der Waals surface area contributed by atoms with Crippen LogP contribution in [-0.4, -0.2) is 31.3 Å². The number of para-hydroxylation sites is 1. The quantitative estimate of drug-likeness (QED) is 0.132. The van der Waals surface area contributed by atoms with Crippen LogP contribution >= 0.6 is 0 Å². The third-order valence-corrected chi connectivity index (χ3v) is 4.75. The SMILES string of the molecule is C=CCc1ccccc1OCC(=O)N/N=C/c1ccc(OC(=O)c2ccc(OCCC)cc2)cc1. The van der Waals surface area contributed by atoms with Gasteiger partial charge < -0.3 is 14.2 Å². The predicted molar refractivity (Wildman–Crippen MR) is 135 cm³/mol. The largest absolute Gasteiger partial charge is 0.494 e. The van der Waals surface area contributed by atoms with Crippen molar-refractivity contribution in [3.8, 4) is 17.2 Å². The first-order chi connectivity index (χ1) is 17.1. The smallest absolute Gasteiger partial charge is 0.343 e. The number of esters is 1. The molecule has 0 spiro atoms. The molecule has 3 aromatic rings. The van der Waals surface area contributed by atoms with Crippen molar-refractivity contribution in [3.05, 3.63) is 102 Å². The van der Waals surface area contributed by atoms with Crippen molar-refractivity contribution in [2.24, 2.45) is 5.10 Å². The molecule has 0 bridgehead atoms. The molecule has 180 valence electrons. The highest BCUT2D eigenvalue weighted by Gasteiger charge is 2.09. The zero-order valence-corrected chi connectivity index (χ0v) is 19.6. The molecule has 1 N–H and O–H groups in total. The van der Waals surface area contributed by atoms with E-state index in [-0.39, 0.29) is 12.5 Å². The molecule has 1 amide bonds. The zero-order chi connectivity index (χ0) is 24.9. The molecule has 3 aromatic carbocycles. The van der Waals surface area contributed by atoms with E-state index in [0.717, 1.165) is 17.5 Å². The van der Waals surface area contributed by atoms with Gasteiger partial charge in [0.2, 0.25) is 0 Å². The van der Waals surface area contributed by atoms with E-state index in [1.54, 1.807) is 60.7 Å². The maximum atomic E-state index is 12.3. The molecular weight excluding hydrogens is 444 g/mol. The van der Waals surface area contributed by atoms with E-state index in [1.165, 1.54) is 6.21 Å². The first-order valence-corrected chi connectivity index (χ1v) is 11.3. The zero-order valence-electron chi connectivity index (χ0n) is 19.6. The Kier molecular flexibility index (Phi) is 9.63. The van der Waals surface area contributed by atoms with E-state index in [2.05, 4.69) is 17.1 Å². The lowest BCUT2D eigenvalue weighted by Crippen LogP contribution is -2.24. The Hall–Kier alpha value is -4.39. The van der Waals surface area contributed by atoms with E-state index < -0.39 is 5.97 Å². The van der Waals surface area contributed by atoms with Gasteiger partial charge in [-0.3, -0.25) is 4.79 Å². The average Bonchev–Trinajstić information content (AvgIpc) is 2.88. The molecular formula is C28H28N2O5. The van der Waals surface area contributed by atoms with Crippen LogP contribution in [0.25, 0.3) is 0 Å². The minimum atomic E-state index is -0.463. The number of amides is 1. The average molecular weight is 473 g/mol. The van der Waals surface area contributed by atoms with Crippen LogP contribution in [0.3, 0.4) is 0 Å². The summed E-state index contributed by atoms with van der Waals surface area (Å²) in [4.78, 5) is 24.4. The first kappa shape index (κ1) is 25.2. The minimum absolute atomic E-state index is 0.161. The molecule has 0 aliphatic rings. The Morgan fingerprint density at radius 1 is 0.943 bits per heavy atom. The minimum Gasteiger partial charge on any atom is -0.494 e. The van der Waals surface area contributed by atoms with Gasteiger partial charge in [-0.15, -0.1) is 6.58 Å². The van der Waals surface area contributed by atoms with Crippen LogP contribution in [0.2, 0.25) is 0 Å². The number of carbonyl (C=O) groups excluding carboxylic acids is 2. The van der Waals surface area contributed by atoms with Crippen molar-refractivity contribution in [1.29, 1.82) is 0 Å². The fourth-order valence-electron chi connectivity index (χ4n) is 3.02. The highest BCUT2D eigenvalue weighted by Crippen LogP contribution is 2.19. The predicted octanol–water partition coefficient (Wildman–Crippen LogP) is 4.95. The van der Waals surface area contributed by atoms with Crippen LogP contribution in [0.4, 0.5) is 0 Å². The van der Waals surface area contributed by atoms with Crippen LogP contribution in [0, 0.1) is 0 Å². The van der Waals surface area contributed by atoms with E-state index in [4.69, 9.17) is 14.2 Å². The Morgan fingerprint density at radius 2 is 1.66 bits per heavy atom. The number of ether oxygens (including phenoxy) is 3. The third-order valence-electron chi connectivity index (χ3n) is 4.75. The van der Waals surface area contributed by atoms with Gasteiger partial charge in [0.15, 0.2) is 6.61 Å². The lowest BCUT2D eigenvalue weighted by atomic mass is 10.1. The van der Waals surface area contributed by atoms with Crippen molar-refractivity contribution in [3.63, 3.8) is 0 Å². The number of hydrogen-bond donors (Lipinski definition) is 1. The normalized spacial score (nSPS) is 10.5. The van der Waals surface area contributed by atoms with E-state index in [1.807, 2.05) is 25.1 Å². The summed E-state index contributed by atoms with van der Waals surface area (Å²) in [6.07, 6.45) is 4.84. The third kappa shape index (κ3) is 8.16. The number of benzene rings is 3. The molecule has 0 fully saturated rings. The standard InChI is InChI=1S/C28H28N2O5/c1-3-7-22-8-5-6-9-26(22)34-20-27(31)30-29-19-21-10-14-25(15-11-21)35-28(32)23-12-16-24(17-13-23)33-18-4-2/h3,5-6,8-17,19H,1,4,7,18,20H2,2H3,(H,30,31)/b29-19+. The number of nitrogens with zero attached hydrogens (tertiary/aromatic N) is 1. The molecule has 3 rings (SSSR count). The molecule has 7 nitrogen and oxygen atoms in total. The van der Waals surface area contributed by atoms with Crippen LogP contribution in [-0.2, 0) is 11.2 Å². The van der Waals surface area contributed by atoms with Crippen LogP contribution in [0.1, 0.15) is 34.8 Å².